The number of benzene rings is 2. The first-order valence-corrected chi connectivity index (χ1v) is 20.6. The van der Waals surface area contributed by atoms with Crippen molar-refractivity contribution in [1.82, 2.24) is 24.4 Å². The van der Waals surface area contributed by atoms with Gasteiger partial charge in [-0.2, -0.15) is 8.62 Å². The number of aliphatic hydroxyl groups excluding tert-OH is 1. The number of aliphatic hydroxyl groups is 1. The fraction of sp³-hybridized carbons (Fsp3) is 0.367. The molecule has 1 fully saturated rings. The standard InChI is InChI=1S/C24H24N5O15P3.C6H15N/c25-21-17-22(27-11-26-21)29(12-28-17)23-20(19(31)16(41-23)10-40-46(36,37)44-47(38,39)43-45(33,34)35)42-24(32)15-8-6-14(7-9-15)18(30)13-4-2-1-3-5-13;1-4-7(5-2)6-3/h1-9,11-12,16,19-20,23,31H,10H2,(H,36,37)(H,38,39)(H2,25,26,27)(H2,33,34,35);4-6H2,1-3H3/t16-,19-,20-,23-;/m1./s1. The van der Waals surface area contributed by atoms with Crippen LogP contribution < -0.4 is 5.73 Å². The van der Waals surface area contributed by atoms with Crippen molar-refractivity contribution in [1.29, 1.82) is 0 Å². The molecule has 0 amide bonds. The molecule has 0 saturated carbocycles. The van der Waals surface area contributed by atoms with Gasteiger partial charge in [-0.1, -0.05) is 63.2 Å². The van der Waals surface area contributed by atoms with E-state index in [0.717, 1.165) is 6.33 Å². The van der Waals surface area contributed by atoms with E-state index in [1.165, 1.54) is 54.8 Å². The summed E-state index contributed by atoms with van der Waals surface area (Å²) in [4.78, 5) is 77.0. The monoisotopic (exact) mass is 816 g/mol. The first-order chi connectivity index (χ1) is 25.4. The molecule has 1 aliphatic rings. The fourth-order valence-corrected chi connectivity index (χ4v) is 8.14. The largest absolute Gasteiger partial charge is 0.490 e. The minimum atomic E-state index is -5.82. The third-order valence-corrected chi connectivity index (χ3v) is 11.6. The molecule has 54 heavy (non-hydrogen) atoms. The van der Waals surface area contributed by atoms with Crippen molar-refractivity contribution >= 4 is 52.2 Å². The Morgan fingerprint density at radius 2 is 1.44 bits per heavy atom. The van der Waals surface area contributed by atoms with E-state index in [-0.39, 0.29) is 33.9 Å². The highest BCUT2D eigenvalue weighted by molar-refractivity contribution is 7.66. The Balaban J connectivity index is 0.000000845. The van der Waals surface area contributed by atoms with E-state index < -0.39 is 60.6 Å². The predicted octanol–water partition coefficient (Wildman–Crippen LogP) is 2.81. The van der Waals surface area contributed by atoms with Gasteiger partial charge in [0, 0.05) is 11.1 Å². The molecular weight excluding hydrogens is 777 g/mol. The van der Waals surface area contributed by atoms with Crippen molar-refractivity contribution in [3.63, 3.8) is 0 Å². The first kappa shape index (κ1) is 43.0. The van der Waals surface area contributed by atoms with Gasteiger partial charge in [0.05, 0.1) is 18.5 Å². The number of carbonyl (C=O) groups is 2. The van der Waals surface area contributed by atoms with Crippen LogP contribution in [0.3, 0.4) is 0 Å². The smallest absolute Gasteiger partial charge is 0.451 e. The van der Waals surface area contributed by atoms with Crippen LogP contribution in [0, 0.1) is 0 Å². The van der Waals surface area contributed by atoms with E-state index in [9.17, 15) is 38.2 Å². The Kier molecular flexibility index (Phi) is 14.5. The first-order valence-electron chi connectivity index (χ1n) is 16.1. The summed E-state index contributed by atoms with van der Waals surface area (Å²) in [6.07, 6.45) is -4.15. The quantitative estimate of drug-likeness (QED) is 0.0571. The number of imidazole rings is 1. The molecule has 4 aromatic rings. The number of nitrogens with two attached hydrogens (primary N) is 1. The Labute approximate surface area is 308 Å². The van der Waals surface area contributed by atoms with Gasteiger partial charge in [-0.05, 0) is 31.8 Å². The third kappa shape index (κ3) is 11.4. The molecule has 0 spiro atoms. The second-order valence-electron chi connectivity index (χ2n) is 11.3. The van der Waals surface area contributed by atoms with Crippen molar-refractivity contribution in [3.8, 4) is 0 Å². The highest BCUT2D eigenvalue weighted by Gasteiger charge is 2.49. The van der Waals surface area contributed by atoms with Gasteiger partial charge in [-0.3, -0.25) is 13.9 Å². The van der Waals surface area contributed by atoms with Gasteiger partial charge in [0.2, 0.25) is 0 Å². The highest BCUT2D eigenvalue weighted by Crippen LogP contribution is 2.66. The van der Waals surface area contributed by atoms with Gasteiger partial charge in [0.25, 0.3) is 0 Å². The van der Waals surface area contributed by atoms with E-state index >= 15 is 0 Å². The minimum absolute atomic E-state index is 0.0183. The van der Waals surface area contributed by atoms with E-state index in [1.807, 2.05) is 0 Å². The number of nitrogen functional groups attached to an aromatic ring is 1. The summed E-state index contributed by atoms with van der Waals surface area (Å²) in [7, 11) is -17.1. The molecule has 21 nitrogen and oxygen atoms in total. The summed E-state index contributed by atoms with van der Waals surface area (Å²) in [5, 5.41) is 11.1. The van der Waals surface area contributed by atoms with Crippen LogP contribution in [0.4, 0.5) is 5.82 Å². The molecule has 2 unspecified atom stereocenters. The van der Waals surface area contributed by atoms with Gasteiger partial charge in [-0.15, -0.1) is 0 Å². The van der Waals surface area contributed by atoms with Crippen LogP contribution in [0.2, 0.25) is 0 Å². The lowest BCUT2D eigenvalue weighted by Gasteiger charge is -2.22. The number of esters is 1. The molecule has 24 heteroatoms. The molecule has 2 aromatic heterocycles. The summed E-state index contributed by atoms with van der Waals surface area (Å²) >= 11 is 0. The second kappa shape index (κ2) is 18.2. The number of phosphoric ester groups is 1. The molecule has 0 radical (unpaired) electrons. The lowest BCUT2D eigenvalue weighted by molar-refractivity contribution is -0.0558. The molecule has 5 rings (SSSR count). The van der Waals surface area contributed by atoms with Crippen molar-refractivity contribution in [2.75, 3.05) is 32.0 Å². The van der Waals surface area contributed by atoms with Crippen molar-refractivity contribution < 1.29 is 70.6 Å². The Morgan fingerprint density at radius 1 is 0.852 bits per heavy atom. The average molecular weight is 817 g/mol. The molecule has 0 aliphatic carbocycles. The number of fused-ring (bicyclic) bond motifs is 1. The van der Waals surface area contributed by atoms with E-state index in [1.54, 1.807) is 30.3 Å². The van der Waals surface area contributed by atoms with Crippen LogP contribution in [0.15, 0.2) is 67.3 Å². The van der Waals surface area contributed by atoms with Gasteiger partial charge in [-0.25, -0.2) is 33.4 Å². The number of phosphoric acid groups is 3. The summed E-state index contributed by atoms with van der Waals surface area (Å²) in [6, 6.07) is 13.9. The van der Waals surface area contributed by atoms with E-state index in [4.69, 9.17) is 25.0 Å². The summed E-state index contributed by atoms with van der Waals surface area (Å²) in [5.41, 5.74) is 6.72. The number of hydrogen-bond acceptors (Lipinski definition) is 16. The lowest BCUT2D eigenvalue weighted by Crippen LogP contribution is -2.37. The van der Waals surface area contributed by atoms with Gasteiger partial charge >= 0.3 is 29.4 Å². The fourth-order valence-electron chi connectivity index (χ4n) is 5.11. The molecule has 294 valence electrons. The van der Waals surface area contributed by atoms with Crippen molar-refractivity contribution in [2.24, 2.45) is 0 Å². The Morgan fingerprint density at radius 3 is 2.02 bits per heavy atom. The predicted molar refractivity (Wildman–Crippen MR) is 188 cm³/mol. The molecule has 0 bridgehead atoms. The number of ether oxygens (including phenoxy) is 2. The molecular formula is C30H39N6O15P3. The topological polar surface area (TPSA) is 306 Å². The molecule has 2 aromatic carbocycles. The number of anilines is 1. The maximum atomic E-state index is 13.2. The Bertz CT molecular complexity index is 2040. The normalized spacial score (nSPS) is 20.8. The average Bonchev–Trinajstić information content (AvgIpc) is 3.68. The molecule has 7 N–H and O–H groups in total. The van der Waals surface area contributed by atoms with Crippen LogP contribution in [-0.4, -0.2) is 105 Å². The molecule has 1 aliphatic heterocycles. The van der Waals surface area contributed by atoms with Crippen molar-refractivity contribution in [2.45, 2.75) is 45.3 Å². The van der Waals surface area contributed by atoms with E-state index in [0.29, 0.717) is 5.56 Å². The third-order valence-electron chi connectivity index (χ3n) is 7.80. The summed E-state index contributed by atoms with van der Waals surface area (Å²) in [5.74, 6) is -1.29. The Hall–Kier alpha value is -3.78. The molecule has 6 atom stereocenters. The van der Waals surface area contributed by atoms with Crippen LogP contribution in [-0.2, 0) is 36.3 Å². The number of aromatic nitrogens is 4. The maximum Gasteiger partial charge on any atom is 0.490 e. The SMILES string of the molecule is CCN(CC)CC.Nc1ncnc2c1ncn2[C@@H]1O[C@H](COP(=O)(O)OP(=O)(O)OP(=O)(O)O)[C@@H](O)[C@H]1OC(=O)c1ccc(C(=O)c2ccccc2)cc1. The minimum Gasteiger partial charge on any atom is -0.451 e. The van der Waals surface area contributed by atoms with Crippen LogP contribution in [0.5, 0.6) is 0 Å². The van der Waals surface area contributed by atoms with Gasteiger partial charge in [0.1, 0.15) is 24.1 Å². The number of nitrogens with zero attached hydrogens (tertiary/aromatic N) is 5. The summed E-state index contributed by atoms with van der Waals surface area (Å²) in [6.45, 7) is 9.06. The second-order valence-corrected chi connectivity index (χ2v) is 15.7. The van der Waals surface area contributed by atoms with Gasteiger partial charge in [0.15, 0.2) is 29.6 Å². The number of ketones is 1. The number of hydrogen-bond donors (Lipinski definition) is 6. The maximum absolute atomic E-state index is 13.2. The van der Waals surface area contributed by atoms with Crippen LogP contribution in [0.1, 0.15) is 53.3 Å². The molecule has 3 heterocycles. The summed E-state index contributed by atoms with van der Waals surface area (Å²) < 4.78 is 59.4. The van der Waals surface area contributed by atoms with Crippen LogP contribution in [0.25, 0.3) is 11.2 Å². The zero-order chi connectivity index (χ0) is 39.8. The zero-order valence-corrected chi connectivity index (χ0v) is 31.6. The van der Waals surface area contributed by atoms with Gasteiger partial charge < -0.3 is 44.8 Å². The number of carbonyl (C=O) groups excluding carboxylic acids is 2. The highest BCUT2D eigenvalue weighted by atomic mass is 31.3. The van der Waals surface area contributed by atoms with Crippen molar-refractivity contribution in [3.05, 3.63) is 83.9 Å². The number of rotatable bonds is 15. The van der Waals surface area contributed by atoms with E-state index in [2.05, 4.69) is 53.8 Å². The molecule has 1 saturated heterocycles. The zero-order valence-electron chi connectivity index (χ0n) is 29.0. The lowest BCUT2D eigenvalue weighted by atomic mass is 10.0. The van der Waals surface area contributed by atoms with Crippen LogP contribution >= 0.6 is 23.5 Å².